The van der Waals surface area contributed by atoms with Crippen LogP contribution in [0.1, 0.15) is 11.4 Å². The first-order valence-corrected chi connectivity index (χ1v) is 10.4. The van der Waals surface area contributed by atoms with Crippen LogP contribution in [0.15, 0.2) is 22.0 Å². The van der Waals surface area contributed by atoms with E-state index in [1.54, 1.807) is 7.05 Å². The second-order valence-corrected chi connectivity index (χ2v) is 8.12. The molecule has 1 amide bonds. The van der Waals surface area contributed by atoms with Crippen LogP contribution in [0, 0.1) is 13.8 Å². The summed E-state index contributed by atoms with van der Waals surface area (Å²) in [5, 5.41) is 4.50. The van der Waals surface area contributed by atoms with Crippen molar-refractivity contribution in [2.45, 2.75) is 26.9 Å². The number of imidazole rings is 1. The second-order valence-electron chi connectivity index (χ2n) is 8.12. The topological polar surface area (TPSA) is 103 Å². The number of carbonyl (C=O) groups excluding carboxylic acids is 1. The lowest BCUT2D eigenvalue weighted by atomic mass is 10.3. The van der Waals surface area contributed by atoms with Gasteiger partial charge in [0.05, 0.1) is 18.6 Å². The Morgan fingerprint density at radius 2 is 1.74 bits per heavy atom. The number of carbonyl (C=O) groups is 1. The summed E-state index contributed by atoms with van der Waals surface area (Å²) in [5.41, 5.74) is 1.84. The maximum Gasteiger partial charge on any atom is 0.332 e. The fraction of sp³-hybridized carbons (Fsp3) is 0.550. The molecule has 0 spiro atoms. The van der Waals surface area contributed by atoms with Crippen LogP contribution in [0.3, 0.4) is 0 Å². The number of piperazine rings is 1. The van der Waals surface area contributed by atoms with Crippen molar-refractivity contribution in [2.75, 3.05) is 32.7 Å². The van der Waals surface area contributed by atoms with Gasteiger partial charge < -0.3 is 9.47 Å². The predicted molar refractivity (Wildman–Crippen MR) is 115 cm³/mol. The number of hydrogen-bond donors (Lipinski definition) is 0. The molecule has 3 aromatic heterocycles. The molecule has 4 rings (SSSR count). The van der Waals surface area contributed by atoms with Gasteiger partial charge >= 0.3 is 5.69 Å². The lowest BCUT2D eigenvalue weighted by Crippen LogP contribution is -2.50. The molecule has 0 unspecified atom stereocenters. The predicted octanol–water partition coefficient (Wildman–Crippen LogP) is -0.909. The Labute approximate surface area is 179 Å². The normalized spacial score (nSPS) is 15.2. The SMILES string of the molecule is Cc1cc(C)n(CCN2CCN(C(=O)Cn3cnc4c3c(=O)n(C)c(=O)n4C)CC2)n1. The van der Waals surface area contributed by atoms with Gasteiger partial charge in [0.2, 0.25) is 5.91 Å². The molecule has 3 aromatic rings. The molecule has 0 N–H and O–H groups in total. The van der Waals surface area contributed by atoms with E-state index >= 15 is 0 Å². The van der Waals surface area contributed by atoms with E-state index in [1.807, 2.05) is 16.5 Å². The molecule has 166 valence electrons. The van der Waals surface area contributed by atoms with Gasteiger partial charge in [-0.15, -0.1) is 0 Å². The Hall–Kier alpha value is -3.21. The van der Waals surface area contributed by atoms with Gasteiger partial charge in [-0.05, 0) is 19.9 Å². The Morgan fingerprint density at radius 3 is 2.39 bits per heavy atom. The summed E-state index contributed by atoms with van der Waals surface area (Å²) in [4.78, 5) is 45.8. The third-order valence-electron chi connectivity index (χ3n) is 5.98. The van der Waals surface area contributed by atoms with Crippen molar-refractivity contribution >= 4 is 17.1 Å². The maximum atomic E-state index is 12.9. The highest BCUT2D eigenvalue weighted by Crippen LogP contribution is 2.09. The van der Waals surface area contributed by atoms with E-state index in [0.717, 1.165) is 42.1 Å². The molecular weight excluding hydrogens is 400 g/mol. The van der Waals surface area contributed by atoms with Gasteiger partial charge in [-0.2, -0.15) is 5.10 Å². The second kappa shape index (κ2) is 8.14. The third-order valence-corrected chi connectivity index (χ3v) is 5.98. The molecule has 11 nitrogen and oxygen atoms in total. The first-order valence-electron chi connectivity index (χ1n) is 10.4. The summed E-state index contributed by atoms with van der Waals surface area (Å²) in [6.45, 7) is 8.66. The number of aryl methyl sites for hydroxylation is 3. The molecule has 1 aliphatic heterocycles. The molecule has 0 atom stereocenters. The quantitative estimate of drug-likeness (QED) is 0.521. The molecule has 0 aromatic carbocycles. The minimum atomic E-state index is -0.447. The van der Waals surface area contributed by atoms with Crippen molar-refractivity contribution < 1.29 is 4.79 Å². The van der Waals surface area contributed by atoms with E-state index in [-0.39, 0.29) is 23.6 Å². The van der Waals surface area contributed by atoms with Gasteiger partial charge in [0.15, 0.2) is 11.2 Å². The number of rotatable bonds is 5. The van der Waals surface area contributed by atoms with Crippen LogP contribution in [0.2, 0.25) is 0 Å². The Balaban J connectivity index is 1.38. The summed E-state index contributed by atoms with van der Waals surface area (Å²) in [6, 6.07) is 2.07. The van der Waals surface area contributed by atoms with Gasteiger partial charge in [0.25, 0.3) is 5.56 Å². The van der Waals surface area contributed by atoms with Crippen LogP contribution in [0.4, 0.5) is 0 Å². The van der Waals surface area contributed by atoms with Gasteiger partial charge in [0.1, 0.15) is 6.54 Å². The number of nitrogens with zero attached hydrogens (tertiary/aromatic N) is 8. The van der Waals surface area contributed by atoms with Crippen LogP contribution in [0.5, 0.6) is 0 Å². The van der Waals surface area contributed by atoms with Crippen molar-refractivity contribution in [1.82, 2.24) is 38.3 Å². The molecule has 11 heteroatoms. The molecular formula is C20H28N8O3. The van der Waals surface area contributed by atoms with E-state index in [9.17, 15) is 14.4 Å². The van der Waals surface area contributed by atoms with Crippen molar-refractivity contribution in [1.29, 1.82) is 0 Å². The van der Waals surface area contributed by atoms with Crippen molar-refractivity contribution in [2.24, 2.45) is 14.1 Å². The molecule has 4 heterocycles. The standard InChI is InChI=1S/C20H28N8O3/c1-14-11-15(2)28(22-14)10-7-25-5-8-26(9-6-25)16(29)12-27-13-21-18-17(27)19(30)24(4)20(31)23(18)3/h11,13H,5-10,12H2,1-4H3. The van der Waals surface area contributed by atoms with Crippen LogP contribution >= 0.6 is 0 Å². The highest BCUT2D eigenvalue weighted by molar-refractivity contribution is 5.79. The average molecular weight is 428 g/mol. The van der Waals surface area contributed by atoms with E-state index in [2.05, 4.69) is 28.0 Å². The minimum absolute atomic E-state index is 0.0235. The number of amides is 1. The van der Waals surface area contributed by atoms with Crippen molar-refractivity contribution in [3.05, 3.63) is 44.6 Å². The Morgan fingerprint density at radius 1 is 1.03 bits per heavy atom. The summed E-state index contributed by atoms with van der Waals surface area (Å²) in [7, 11) is 2.99. The summed E-state index contributed by atoms with van der Waals surface area (Å²) in [6.07, 6.45) is 1.45. The lowest BCUT2D eigenvalue weighted by Gasteiger charge is -2.34. The maximum absolute atomic E-state index is 12.9. The van der Waals surface area contributed by atoms with E-state index in [1.165, 1.54) is 22.5 Å². The fourth-order valence-electron chi connectivity index (χ4n) is 4.12. The Kier molecular flexibility index (Phi) is 5.52. The number of hydrogen-bond acceptors (Lipinski definition) is 6. The third kappa shape index (κ3) is 3.92. The summed E-state index contributed by atoms with van der Waals surface area (Å²) in [5.74, 6) is -0.0617. The van der Waals surface area contributed by atoms with E-state index in [0.29, 0.717) is 13.1 Å². The minimum Gasteiger partial charge on any atom is -0.339 e. The fourth-order valence-corrected chi connectivity index (χ4v) is 4.12. The van der Waals surface area contributed by atoms with E-state index in [4.69, 9.17) is 0 Å². The molecule has 0 radical (unpaired) electrons. The highest BCUT2D eigenvalue weighted by atomic mass is 16.2. The zero-order chi connectivity index (χ0) is 22.3. The largest absolute Gasteiger partial charge is 0.339 e. The summed E-state index contributed by atoms with van der Waals surface area (Å²) < 4.78 is 5.91. The first kappa shape index (κ1) is 21.0. The monoisotopic (exact) mass is 428 g/mol. The molecule has 31 heavy (non-hydrogen) atoms. The molecule has 0 saturated carbocycles. The molecule has 0 bridgehead atoms. The van der Waals surface area contributed by atoms with Crippen molar-refractivity contribution in [3.63, 3.8) is 0 Å². The zero-order valence-corrected chi connectivity index (χ0v) is 18.4. The number of aromatic nitrogens is 6. The van der Waals surface area contributed by atoms with Gasteiger partial charge in [-0.1, -0.05) is 0 Å². The lowest BCUT2D eigenvalue weighted by molar-refractivity contribution is -0.133. The molecule has 0 aliphatic carbocycles. The Bertz CT molecular complexity index is 1240. The van der Waals surface area contributed by atoms with Crippen LogP contribution < -0.4 is 11.2 Å². The van der Waals surface area contributed by atoms with Crippen LogP contribution in [-0.2, 0) is 32.0 Å². The highest BCUT2D eigenvalue weighted by Gasteiger charge is 2.23. The van der Waals surface area contributed by atoms with Crippen LogP contribution in [-0.4, -0.2) is 76.9 Å². The number of fused-ring (bicyclic) bond motifs is 1. The van der Waals surface area contributed by atoms with E-state index < -0.39 is 11.2 Å². The molecule has 1 aliphatic rings. The summed E-state index contributed by atoms with van der Waals surface area (Å²) >= 11 is 0. The zero-order valence-electron chi connectivity index (χ0n) is 18.4. The first-order chi connectivity index (χ1) is 14.8. The molecule has 1 saturated heterocycles. The average Bonchev–Trinajstić information content (AvgIpc) is 3.31. The smallest absolute Gasteiger partial charge is 0.332 e. The van der Waals surface area contributed by atoms with Gasteiger partial charge in [0, 0.05) is 52.5 Å². The van der Waals surface area contributed by atoms with Gasteiger partial charge in [-0.25, -0.2) is 9.78 Å². The van der Waals surface area contributed by atoms with Crippen molar-refractivity contribution in [3.8, 4) is 0 Å². The van der Waals surface area contributed by atoms with Crippen LogP contribution in [0.25, 0.3) is 11.2 Å². The van der Waals surface area contributed by atoms with Gasteiger partial charge in [-0.3, -0.25) is 28.3 Å². The molecule has 1 fully saturated rings.